The maximum absolute atomic E-state index is 12.4. The zero-order chi connectivity index (χ0) is 25.5. The third kappa shape index (κ3) is 9.49. The summed E-state index contributed by atoms with van der Waals surface area (Å²) in [6, 6.07) is -0.120. The highest BCUT2D eigenvalue weighted by atomic mass is 16.5. The van der Waals surface area contributed by atoms with Crippen LogP contribution < -0.4 is 0 Å². The lowest BCUT2D eigenvalue weighted by Gasteiger charge is -2.33. The van der Waals surface area contributed by atoms with Gasteiger partial charge in [-0.25, -0.2) is 4.79 Å². The minimum atomic E-state index is -0.120. The van der Waals surface area contributed by atoms with Crippen LogP contribution in [0.2, 0.25) is 0 Å². The van der Waals surface area contributed by atoms with Gasteiger partial charge in [0.1, 0.15) is 6.54 Å². The highest BCUT2D eigenvalue weighted by Crippen LogP contribution is 2.38. The van der Waals surface area contributed by atoms with Crippen LogP contribution in [-0.2, 0) is 9.53 Å². The van der Waals surface area contributed by atoms with E-state index in [1.165, 1.54) is 30.6 Å². The van der Waals surface area contributed by atoms with Gasteiger partial charge in [0.2, 0.25) is 5.91 Å². The first-order valence-electron chi connectivity index (χ1n) is 14.1. The summed E-state index contributed by atoms with van der Waals surface area (Å²) in [6.07, 6.45) is 14.3. The molecule has 1 N–H and O–H groups in total. The number of amides is 3. The second kappa shape index (κ2) is 16.5. The summed E-state index contributed by atoms with van der Waals surface area (Å²) in [7, 11) is 0. The van der Waals surface area contributed by atoms with E-state index in [1.54, 1.807) is 4.90 Å². The van der Waals surface area contributed by atoms with Crippen LogP contribution in [0.5, 0.6) is 0 Å². The molecule has 0 saturated carbocycles. The molecule has 0 bridgehead atoms. The fourth-order valence-electron chi connectivity index (χ4n) is 5.54. The maximum Gasteiger partial charge on any atom is 0.327 e. The van der Waals surface area contributed by atoms with E-state index in [4.69, 9.17) is 4.74 Å². The lowest BCUT2D eigenvalue weighted by molar-refractivity contribution is -0.125. The molecule has 0 unspecified atom stereocenters. The number of hydrogen-bond donors (Lipinski definition) is 1. The summed E-state index contributed by atoms with van der Waals surface area (Å²) in [5.74, 6) is -0.0510. The minimum absolute atomic E-state index is 0.0510. The quantitative estimate of drug-likeness (QED) is 0.152. The summed E-state index contributed by atoms with van der Waals surface area (Å²) >= 11 is 0. The number of likely N-dealkylation sites (N-methyl/N-ethyl adjacent to an activating group) is 1. The van der Waals surface area contributed by atoms with Gasteiger partial charge in [-0.2, -0.15) is 0 Å². The molecule has 0 aromatic rings. The van der Waals surface area contributed by atoms with Crippen molar-refractivity contribution >= 4 is 11.9 Å². The van der Waals surface area contributed by atoms with Crippen molar-refractivity contribution in [3.63, 3.8) is 0 Å². The molecular formula is C28H54N2O4. The van der Waals surface area contributed by atoms with Crippen LogP contribution in [0, 0.1) is 10.8 Å². The van der Waals surface area contributed by atoms with Gasteiger partial charge in [0, 0.05) is 32.9 Å². The molecular weight excluding hydrogens is 428 g/mol. The van der Waals surface area contributed by atoms with Crippen LogP contribution in [0.3, 0.4) is 0 Å². The van der Waals surface area contributed by atoms with E-state index in [-0.39, 0.29) is 23.9 Å². The van der Waals surface area contributed by atoms with E-state index in [2.05, 4.69) is 27.7 Å². The van der Waals surface area contributed by atoms with Gasteiger partial charge in [-0.1, -0.05) is 66.2 Å². The normalized spacial score (nSPS) is 15.1. The van der Waals surface area contributed by atoms with E-state index in [1.807, 2.05) is 6.92 Å². The Morgan fingerprint density at radius 2 is 1.26 bits per heavy atom. The number of imide groups is 1. The number of carbonyl (C=O) groups excluding carboxylic acids is 2. The Bertz CT molecular complexity index is 573. The Hall–Kier alpha value is -1.14. The predicted octanol–water partition coefficient (Wildman–Crippen LogP) is 6.40. The summed E-state index contributed by atoms with van der Waals surface area (Å²) in [5.41, 5.74) is 0.587. The van der Waals surface area contributed by atoms with Gasteiger partial charge < -0.3 is 14.7 Å². The number of urea groups is 1. The summed E-state index contributed by atoms with van der Waals surface area (Å²) < 4.78 is 5.93. The Morgan fingerprint density at radius 3 is 1.71 bits per heavy atom. The molecule has 0 aromatic carbocycles. The lowest BCUT2D eigenvalue weighted by Crippen LogP contribution is -2.36. The summed E-state index contributed by atoms with van der Waals surface area (Å²) in [4.78, 5) is 27.7. The maximum atomic E-state index is 12.4. The molecule has 1 heterocycles. The number of carbonyl (C=O) groups is 2. The fourth-order valence-corrected chi connectivity index (χ4v) is 5.54. The highest BCUT2D eigenvalue weighted by Gasteiger charge is 2.36. The average Bonchev–Trinajstić information content (AvgIpc) is 3.14. The first kappa shape index (κ1) is 30.9. The minimum Gasteiger partial charge on any atom is -0.396 e. The van der Waals surface area contributed by atoms with Crippen molar-refractivity contribution in [1.82, 2.24) is 9.80 Å². The molecule has 0 aromatic heterocycles. The number of hydrogen-bond acceptors (Lipinski definition) is 4. The topological polar surface area (TPSA) is 70.1 Å². The summed E-state index contributed by atoms with van der Waals surface area (Å²) in [5, 5.41) is 9.18. The number of aliphatic hydroxyl groups is 1. The van der Waals surface area contributed by atoms with Crippen LogP contribution in [0.1, 0.15) is 118 Å². The molecule has 1 rings (SSSR count). The first-order chi connectivity index (χ1) is 16.4. The second-order valence-corrected chi connectivity index (χ2v) is 10.4. The molecule has 6 heteroatoms. The largest absolute Gasteiger partial charge is 0.396 e. The first-order valence-corrected chi connectivity index (χ1v) is 14.1. The van der Waals surface area contributed by atoms with Gasteiger partial charge in [-0.3, -0.25) is 9.69 Å². The van der Waals surface area contributed by atoms with Crippen LogP contribution in [0.15, 0.2) is 0 Å². The van der Waals surface area contributed by atoms with Crippen molar-refractivity contribution in [1.29, 1.82) is 0 Å². The van der Waals surface area contributed by atoms with Gasteiger partial charge >= 0.3 is 6.03 Å². The zero-order valence-corrected chi connectivity index (χ0v) is 23.0. The van der Waals surface area contributed by atoms with E-state index >= 15 is 0 Å². The van der Waals surface area contributed by atoms with Crippen molar-refractivity contribution in [3.8, 4) is 0 Å². The SMILES string of the molecule is CCN1CC(=O)N(CCC(CC)(CC)CCCCOCCCCC(CC)(CC)CCCO)C1=O. The Labute approximate surface area is 209 Å². The molecule has 0 aliphatic carbocycles. The smallest absolute Gasteiger partial charge is 0.327 e. The van der Waals surface area contributed by atoms with Crippen LogP contribution >= 0.6 is 0 Å². The molecule has 0 radical (unpaired) electrons. The molecule has 200 valence electrons. The second-order valence-electron chi connectivity index (χ2n) is 10.4. The Balaban J connectivity index is 2.27. The van der Waals surface area contributed by atoms with Gasteiger partial charge in [-0.05, 0) is 62.7 Å². The average molecular weight is 483 g/mol. The summed E-state index contributed by atoms with van der Waals surface area (Å²) in [6.45, 7) is 14.3. The van der Waals surface area contributed by atoms with Crippen molar-refractivity contribution in [2.24, 2.45) is 10.8 Å². The number of aliphatic hydroxyl groups excluding tert-OH is 1. The molecule has 34 heavy (non-hydrogen) atoms. The van der Waals surface area contributed by atoms with Crippen LogP contribution in [0.4, 0.5) is 4.79 Å². The zero-order valence-electron chi connectivity index (χ0n) is 23.0. The van der Waals surface area contributed by atoms with Crippen LogP contribution in [0.25, 0.3) is 0 Å². The molecule has 1 saturated heterocycles. The van der Waals surface area contributed by atoms with Crippen molar-refractivity contribution in [3.05, 3.63) is 0 Å². The van der Waals surface area contributed by atoms with E-state index in [0.29, 0.717) is 25.1 Å². The molecule has 0 atom stereocenters. The van der Waals surface area contributed by atoms with Gasteiger partial charge in [0.05, 0.1) is 0 Å². The molecule has 1 aliphatic rings. The van der Waals surface area contributed by atoms with Crippen molar-refractivity contribution in [2.45, 2.75) is 118 Å². The van der Waals surface area contributed by atoms with Crippen molar-refractivity contribution in [2.75, 3.05) is 39.5 Å². The molecule has 3 amide bonds. The van der Waals surface area contributed by atoms with Gasteiger partial charge in [-0.15, -0.1) is 0 Å². The number of ether oxygens (including phenoxy) is 1. The Kier molecular flexibility index (Phi) is 15.0. The van der Waals surface area contributed by atoms with Crippen LogP contribution in [-0.4, -0.2) is 66.3 Å². The highest BCUT2D eigenvalue weighted by molar-refractivity contribution is 6.01. The molecule has 1 fully saturated rings. The molecule has 1 aliphatic heterocycles. The van der Waals surface area contributed by atoms with E-state index < -0.39 is 0 Å². The third-order valence-corrected chi connectivity index (χ3v) is 8.73. The standard InChI is InChI=1S/C28H54N2O4/c1-6-27(7-2,18-15-21-31)16-11-13-22-34-23-14-12-17-28(8-3,9-4)19-20-30-25(32)24-29(10-5)26(30)33/h31H,6-24H2,1-5H3. The molecule has 0 spiro atoms. The lowest BCUT2D eigenvalue weighted by atomic mass is 9.74. The fraction of sp³-hybridized carbons (Fsp3) is 0.929. The van der Waals surface area contributed by atoms with Crippen molar-refractivity contribution < 1.29 is 19.4 Å². The monoisotopic (exact) mass is 482 g/mol. The number of unbranched alkanes of at least 4 members (excludes halogenated alkanes) is 2. The molecule has 6 nitrogen and oxygen atoms in total. The van der Waals surface area contributed by atoms with Gasteiger partial charge in [0.25, 0.3) is 0 Å². The number of nitrogens with zero attached hydrogens (tertiary/aromatic N) is 2. The number of rotatable bonds is 21. The third-order valence-electron chi connectivity index (χ3n) is 8.73. The predicted molar refractivity (Wildman–Crippen MR) is 140 cm³/mol. The van der Waals surface area contributed by atoms with E-state index in [9.17, 15) is 14.7 Å². The van der Waals surface area contributed by atoms with Gasteiger partial charge in [0.15, 0.2) is 0 Å². The Morgan fingerprint density at radius 1 is 0.765 bits per heavy atom. The van der Waals surface area contributed by atoms with E-state index in [0.717, 1.165) is 71.0 Å².